The van der Waals surface area contributed by atoms with Crippen molar-refractivity contribution in [2.45, 2.75) is 103 Å². The normalized spacial score (nSPS) is 13.9. The van der Waals surface area contributed by atoms with Crippen molar-refractivity contribution < 1.29 is 10.2 Å². The molecule has 2 aromatic carbocycles. The number of aliphatic hydroxyl groups excluding tert-OH is 2. The molecule has 2 nitrogen and oxygen atoms in total. The Kier molecular flexibility index (Phi) is 9.41. The first-order valence-electron chi connectivity index (χ1n) is 13.4. The van der Waals surface area contributed by atoms with Crippen molar-refractivity contribution >= 4 is 52.2 Å². The highest BCUT2D eigenvalue weighted by atomic mass is 32.1. The summed E-state index contributed by atoms with van der Waals surface area (Å²) < 4.78 is 5.20. The summed E-state index contributed by atoms with van der Waals surface area (Å²) in [6.45, 7) is 4.47. The highest BCUT2D eigenvalue weighted by molar-refractivity contribution is 7.36. The maximum atomic E-state index is 10.7. The minimum Gasteiger partial charge on any atom is -0.388 e. The van der Waals surface area contributed by atoms with Gasteiger partial charge in [-0.25, -0.2) is 0 Å². The molecular formula is C30H40O2S2. The largest absolute Gasteiger partial charge is 0.388 e. The lowest BCUT2D eigenvalue weighted by Crippen LogP contribution is -1.97. The third-order valence-corrected chi connectivity index (χ3v) is 9.56. The molecule has 4 aromatic rings. The molecule has 0 aliphatic carbocycles. The van der Waals surface area contributed by atoms with Crippen molar-refractivity contribution in [2.75, 3.05) is 0 Å². The molecule has 0 saturated carbocycles. The fourth-order valence-corrected chi connectivity index (χ4v) is 7.67. The molecule has 184 valence electrons. The molecule has 2 unspecified atom stereocenters. The smallest absolute Gasteiger partial charge is 0.0790 e. The van der Waals surface area contributed by atoms with Gasteiger partial charge < -0.3 is 10.2 Å². The number of fused-ring (bicyclic) bond motifs is 5. The Bertz CT molecular complexity index is 1100. The maximum absolute atomic E-state index is 10.7. The van der Waals surface area contributed by atoms with Crippen LogP contribution in [0.25, 0.3) is 29.6 Å². The molecule has 0 radical (unpaired) electrons. The zero-order chi connectivity index (χ0) is 23.9. The number of thiophene rings is 2. The van der Waals surface area contributed by atoms with Crippen LogP contribution in [-0.2, 0) is 0 Å². The third-order valence-electron chi connectivity index (χ3n) is 7.06. The van der Waals surface area contributed by atoms with E-state index >= 15 is 0 Å². The Hall–Kier alpha value is -1.46. The van der Waals surface area contributed by atoms with E-state index in [9.17, 15) is 10.2 Å². The number of hydrogen-bond acceptors (Lipinski definition) is 4. The number of rotatable bonds is 14. The van der Waals surface area contributed by atoms with Gasteiger partial charge in [0.15, 0.2) is 0 Å². The Morgan fingerprint density at radius 1 is 0.588 bits per heavy atom. The molecule has 4 heteroatoms. The molecule has 0 fully saturated rings. The lowest BCUT2D eigenvalue weighted by molar-refractivity contribution is 0.163. The Morgan fingerprint density at radius 2 is 1.00 bits per heavy atom. The molecule has 34 heavy (non-hydrogen) atoms. The first kappa shape index (κ1) is 25.6. The molecule has 0 aliphatic heterocycles. The fourth-order valence-electron chi connectivity index (χ4n) is 4.92. The number of hydrogen-bond donors (Lipinski definition) is 2. The van der Waals surface area contributed by atoms with Crippen LogP contribution in [0.15, 0.2) is 36.4 Å². The van der Waals surface area contributed by atoms with Crippen LogP contribution < -0.4 is 0 Å². The van der Waals surface area contributed by atoms with Crippen molar-refractivity contribution in [3.63, 3.8) is 0 Å². The molecule has 0 spiro atoms. The van der Waals surface area contributed by atoms with Crippen LogP contribution in [0.5, 0.6) is 0 Å². The highest BCUT2D eigenvalue weighted by Crippen LogP contribution is 2.45. The lowest BCUT2D eigenvalue weighted by atomic mass is 10.0. The van der Waals surface area contributed by atoms with E-state index in [1.807, 2.05) is 22.7 Å². The average Bonchev–Trinajstić information content (AvgIpc) is 3.38. The van der Waals surface area contributed by atoms with Crippen LogP contribution in [0.3, 0.4) is 0 Å². The monoisotopic (exact) mass is 496 g/mol. The molecule has 0 bridgehead atoms. The second kappa shape index (κ2) is 12.5. The van der Waals surface area contributed by atoms with Gasteiger partial charge in [-0.2, -0.15) is 0 Å². The maximum Gasteiger partial charge on any atom is 0.0790 e. The second-order valence-corrected chi connectivity index (χ2v) is 11.9. The minimum absolute atomic E-state index is 0.367. The van der Waals surface area contributed by atoms with Gasteiger partial charge in [-0.05, 0) is 36.1 Å². The van der Waals surface area contributed by atoms with Gasteiger partial charge in [0.05, 0.1) is 21.6 Å². The zero-order valence-electron chi connectivity index (χ0n) is 20.8. The third kappa shape index (κ3) is 6.02. The lowest BCUT2D eigenvalue weighted by Gasteiger charge is -2.11. The first-order chi connectivity index (χ1) is 16.6. The van der Waals surface area contributed by atoms with Crippen molar-refractivity contribution in [1.82, 2.24) is 0 Å². The summed E-state index contributed by atoms with van der Waals surface area (Å²) in [5.41, 5.74) is 2.09. The van der Waals surface area contributed by atoms with Crippen molar-refractivity contribution in [3.05, 3.63) is 47.5 Å². The van der Waals surface area contributed by atoms with Gasteiger partial charge in [0, 0.05) is 20.2 Å². The van der Waals surface area contributed by atoms with E-state index in [4.69, 9.17) is 0 Å². The van der Waals surface area contributed by atoms with Crippen LogP contribution in [0, 0.1) is 0 Å². The Morgan fingerprint density at radius 3 is 1.41 bits per heavy atom. The molecule has 0 amide bonds. The first-order valence-corrected chi connectivity index (χ1v) is 15.0. The Balaban J connectivity index is 1.47. The molecule has 2 heterocycles. The predicted octanol–water partition coefficient (Wildman–Crippen LogP) is 10.1. The summed E-state index contributed by atoms with van der Waals surface area (Å²) in [4.78, 5) is 0. The summed E-state index contributed by atoms with van der Waals surface area (Å²) in [5, 5.41) is 24.0. The van der Waals surface area contributed by atoms with Crippen molar-refractivity contribution in [2.24, 2.45) is 0 Å². The van der Waals surface area contributed by atoms with Crippen LogP contribution in [-0.4, -0.2) is 10.2 Å². The molecule has 2 aromatic heterocycles. The standard InChI is InChI=1S/C30H40O2S2/c1-3-5-7-9-11-13-25(31)21-15-17-23-27(19-21)33-30-24-18-16-22(20-28(24)34-29(23)30)26(32)14-12-10-8-6-4-2/h15-20,25-26,31-32H,3-14H2,1-2H3. The van der Waals surface area contributed by atoms with Crippen LogP contribution in [0.4, 0.5) is 0 Å². The molecule has 2 atom stereocenters. The molecule has 0 aliphatic rings. The van der Waals surface area contributed by atoms with E-state index in [-0.39, 0.29) is 12.2 Å². The van der Waals surface area contributed by atoms with Gasteiger partial charge in [0.2, 0.25) is 0 Å². The van der Waals surface area contributed by atoms with Gasteiger partial charge in [0.25, 0.3) is 0 Å². The number of unbranched alkanes of at least 4 members (excludes halogenated alkanes) is 8. The topological polar surface area (TPSA) is 40.5 Å². The van der Waals surface area contributed by atoms with E-state index in [1.54, 1.807) is 0 Å². The van der Waals surface area contributed by atoms with Gasteiger partial charge in [-0.1, -0.05) is 102 Å². The summed E-state index contributed by atoms with van der Waals surface area (Å²) >= 11 is 3.67. The quantitative estimate of drug-likeness (QED) is 0.170. The van der Waals surface area contributed by atoms with Crippen LogP contribution in [0.2, 0.25) is 0 Å². The molecule has 0 saturated heterocycles. The van der Waals surface area contributed by atoms with Crippen molar-refractivity contribution in [1.29, 1.82) is 0 Å². The SMILES string of the molecule is CCCCCCCC(O)c1ccc2c(c1)sc1c3ccc(C(O)CCCCCCC)cc3sc21. The minimum atomic E-state index is -0.367. The van der Waals surface area contributed by atoms with Gasteiger partial charge in [0.1, 0.15) is 0 Å². The predicted molar refractivity (Wildman–Crippen MR) is 151 cm³/mol. The number of benzene rings is 2. The summed E-state index contributed by atoms with van der Waals surface area (Å²) in [6, 6.07) is 13.0. The van der Waals surface area contributed by atoms with E-state index < -0.39 is 0 Å². The molecular weight excluding hydrogens is 456 g/mol. The summed E-state index contributed by atoms with van der Waals surface area (Å²) in [5.74, 6) is 0. The van der Waals surface area contributed by atoms with Gasteiger partial charge in [-0.3, -0.25) is 0 Å². The van der Waals surface area contributed by atoms with E-state index in [0.717, 1.165) is 36.8 Å². The van der Waals surface area contributed by atoms with E-state index in [0.29, 0.717) is 0 Å². The van der Waals surface area contributed by atoms with Crippen LogP contribution in [0.1, 0.15) is 114 Å². The average molecular weight is 497 g/mol. The molecule has 2 N–H and O–H groups in total. The number of aliphatic hydroxyl groups is 2. The second-order valence-electron chi connectivity index (χ2n) is 9.81. The zero-order valence-corrected chi connectivity index (χ0v) is 22.4. The van der Waals surface area contributed by atoms with Crippen molar-refractivity contribution in [3.8, 4) is 0 Å². The Labute approximate surface area is 212 Å². The van der Waals surface area contributed by atoms with Crippen LogP contribution >= 0.6 is 22.7 Å². The molecule has 4 rings (SSSR count). The van der Waals surface area contributed by atoms with E-state index in [2.05, 4.69) is 50.2 Å². The summed E-state index contributed by atoms with van der Waals surface area (Å²) in [6.07, 6.45) is 13.2. The fraction of sp³-hybridized carbons (Fsp3) is 0.533. The van der Waals surface area contributed by atoms with Gasteiger partial charge >= 0.3 is 0 Å². The van der Waals surface area contributed by atoms with Gasteiger partial charge in [-0.15, -0.1) is 22.7 Å². The van der Waals surface area contributed by atoms with E-state index in [1.165, 1.54) is 80.9 Å². The highest BCUT2D eigenvalue weighted by Gasteiger charge is 2.16. The summed E-state index contributed by atoms with van der Waals surface area (Å²) in [7, 11) is 0.